The highest BCUT2D eigenvalue weighted by Crippen LogP contribution is 2.09. The second kappa shape index (κ2) is 5.48. The molecule has 5 nitrogen and oxygen atoms in total. The largest absolute Gasteiger partial charge is 0.462 e. The van der Waals surface area contributed by atoms with Gasteiger partial charge in [0.1, 0.15) is 11.2 Å². The van der Waals surface area contributed by atoms with Gasteiger partial charge in [0.05, 0.1) is 12.0 Å². The molecule has 0 saturated carbocycles. The summed E-state index contributed by atoms with van der Waals surface area (Å²) in [6.45, 7) is 6.04. The third-order valence-corrected chi connectivity index (χ3v) is 2.65. The Balaban J connectivity index is 2.72. The Hall–Kier alpha value is -2.43. The van der Waals surface area contributed by atoms with Crippen LogP contribution in [0.1, 0.15) is 17.3 Å². The summed E-state index contributed by atoms with van der Waals surface area (Å²) < 4.78 is 6.60. The predicted molar refractivity (Wildman–Crippen MR) is 72.2 cm³/mol. The molecule has 0 fully saturated rings. The fraction of sp³-hybridized carbons (Fsp3) is 0.214. The lowest BCUT2D eigenvalue weighted by molar-refractivity contribution is 0.0524. The van der Waals surface area contributed by atoms with Crippen molar-refractivity contribution in [2.45, 2.75) is 13.5 Å². The lowest BCUT2D eigenvalue weighted by Gasteiger charge is -2.10. The van der Waals surface area contributed by atoms with Crippen molar-refractivity contribution in [3.63, 3.8) is 0 Å². The third kappa shape index (κ3) is 2.40. The molecule has 0 radical (unpaired) electrons. The van der Waals surface area contributed by atoms with Crippen LogP contribution in [-0.4, -0.2) is 22.1 Å². The molecular weight excluding hydrogens is 244 g/mol. The molecule has 0 atom stereocenters. The van der Waals surface area contributed by atoms with E-state index in [2.05, 4.69) is 11.6 Å². The molecule has 0 aliphatic heterocycles. The maximum absolute atomic E-state index is 12.2. The van der Waals surface area contributed by atoms with Gasteiger partial charge >= 0.3 is 5.97 Å². The van der Waals surface area contributed by atoms with Gasteiger partial charge < -0.3 is 9.30 Å². The van der Waals surface area contributed by atoms with Gasteiger partial charge in [0.25, 0.3) is 0 Å². The van der Waals surface area contributed by atoms with Crippen LogP contribution in [0.4, 0.5) is 0 Å². The number of esters is 1. The second-order valence-corrected chi connectivity index (χ2v) is 3.91. The highest BCUT2D eigenvalue weighted by molar-refractivity contribution is 5.93. The number of hydrogen-bond donors (Lipinski definition) is 0. The van der Waals surface area contributed by atoms with Crippen molar-refractivity contribution in [3.05, 3.63) is 53.0 Å². The molecule has 0 aromatic carbocycles. The number of carbonyl (C=O) groups is 1. The average molecular weight is 258 g/mol. The molecule has 19 heavy (non-hydrogen) atoms. The van der Waals surface area contributed by atoms with Crippen LogP contribution in [0.2, 0.25) is 0 Å². The third-order valence-electron chi connectivity index (χ3n) is 2.65. The van der Waals surface area contributed by atoms with Crippen molar-refractivity contribution in [1.29, 1.82) is 0 Å². The number of pyridine rings is 2. The van der Waals surface area contributed by atoms with Crippen LogP contribution in [-0.2, 0) is 11.3 Å². The number of rotatable bonds is 4. The van der Waals surface area contributed by atoms with E-state index in [9.17, 15) is 9.59 Å². The Kier molecular flexibility index (Phi) is 3.75. The van der Waals surface area contributed by atoms with Gasteiger partial charge in [-0.15, -0.1) is 6.58 Å². The smallest absolute Gasteiger partial charge is 0.343 e. The highest BCUT2D eigenvalue weighted by atomic mass is 16.5. The number of nitrogens with zero attached hydrogens (tertiary/aromatic N) is 2. The average Bonchev–Trinajstić information content (AvgIpc) is 2.42. The van der Waals surface area contributed by atoms with Gasteiger partial charge in [-0.05, 0) is 19.1 Å². The van der Waals surface area contributed by atoms with Gasteiger partial charge in [0.15, 0.2) is 0 Å². The molecular formula is C14H14N2O3. The molecule has 0 spiro atoms. The molecule has 0 aliphatic carbocycles. The fourth-order valence-corrected chi connectivity index (χ4v) is 1.86. The molecule has 5 heteroatoms. The number of hydrogen-bond acceptors (Lipinski definition) is 4. The topological polar surface area (TPSA) is 61.2 Å². The quantitative estimate of drug-likeness (QED) is 0.619. The van der Waals surface area contributed by atoms with Gasteiger partial charge in [-0.1, -0.05) is 6.08 Å². The monoisotopic (exact) mass is 258 g/mol. The van der Waals surface area contributed by atoms with Crippen LogP contribution >= 0.6 is 0 Å². The summed E-state index contributed by atoms with van der Waals surface area (Å²) in [4.78, 5) is 28.2. The standard InChI is InChI=1S/C14H14N2O3/c1-3-8-16-9-11(14(18)19-4-2)12(17)10-6-5-7-15-13(10)16/h3,5-7,9H,1,4,8H2,2H3. The number of aromatic nitrogens is 2. The molecule has 98 valence electrons. The molecule has 2 aromatic heterocycles. The van der Waals surface area contributed by atoms with E-state index in [0.29, 0.717) is 17.6 Å². The lowest BCUT2D eigenvalue weighted by Crippen LogP contribution is -2.21. The molecule has 0 bridgehead atoms. The van der Waals surface area contributed by atoms with E-state index in [-0.39, 0.29) is 17.6 Å². The van der Waals surface area contributed by atoms with E-state index >= 15 is 0 Å². The first-order valence-electron chi connectivity index (χ1n) is 5.95. The molecule has 2 heterocycles. The predicted octanol–water partition coefficient (Wildman–Crippen LogP) is 1.76. The van der Waals surface area contributed by atoms with Crippen LogP contribution in [0.3, 0.4) is 0 Å². The maximum atomic E-state index is 12.2. The van der Waals surface area contributed by atoms with Crippen molar-refractivity contribution in [3.8, 4) is 0 Å². The molecule has 0 amide bonds. The van der Waals surface area contributed by atoms with Gasteiger partial charge in [-0.3, -0.25) is 4.79 Å². The molecule has 0 aliphatic rings. The SMILES string of the molecule is C=CCn1cc(C(=O)OCC)c(=O)c2cccnc21. The zero-order valence-corrected chi connectivity index (χ0v) is 10.6. The van der Waals surface area contributed by atoms with Crippen molar-refractivity contribution in [1.82, 2.24) is 9.55 Å². The van der Waals surface area contributed by atoms with E-state index in [1.54, 1.807) is 35.9 Å². The Morgan fingerprint density at radius 1 is 1.58 bits per heavy atom. The first kappa shape index (κ1) is 13.0. The van der Waals surface area contributed by atoms with E-state index in [0.717, 1.165) is 0 Å². The van der Waals surface area contributed by atoms with Crippen molar-refractivity contribution in [2.75, 3.05) is 6.61 Å². The number of allylic oxidation sites excluding steroid dienone is 1. The maximum Gasteiger partial charge on any atom is 0.343 e. The molecule has 0 unspecified atom stereocenters. The normalized spacial score (nSPS) is 10.4. The Labute approximate surface area is 110 Å². The first-order chi connectivity index (χ1) is 9.19. The Morgan fingerprint density at radius 2 is 2.37 bits per heavy atom. The Bertz CT molecular complexity index is 689. The lowest BCUT2D eigenvalue weighted by atomic mass is 10.2. The fourth-order valence-electron chi connectivity index (χ4n) is 1.86. The summed E-state index contributed by atoms with van der Waals surface area (Å²) in [5.74, 6) is -0.615. The van der Waals surface area contributed by atoms with E-state index in [1.807, 2.05) is 0 Å². The molecule has 2 rings (SSSR count). The number of fused-ring (bicyclic) bond motifs is 1. The summed E-state index contributed by atoms with van der Waals surface area (Å²) >= 11 is 0. The van der Waals surface area contributed by atoms with Gasteiger partial charge in [-0.25, -0.2) is 9.78 Å². The van der Waals surface area contributed by atoms with Crippen LogP contribution in [0.5, 0.6) is 0 Å². The zero-order valence-electron chi connectivity index (χ0n) is 10.6. The number of carbonyl (C=O) groups excluding carboxylic acids is 1. The summed E-state index contributed by atoms with van der Waals surface area (Å²) in [6.07, 6.45) is 4.75. The van der Waals surface area contributed by atoms with Crippen molar-refractivity contribution < 1.29 is 9.53 Å². The van der Waals surface area contributed by atoms with Gasteiger partial charge in [0.2, 0.25) is 5.43 Å². The zero-order chi connectivity index (χ0) is 13.8. The number of ether oxygens (including phenoxy) is 1. The highest BCUT2D eigenvalue weighted by Gasteiger charge is 2.16. The summed E-state index contributed by atoms with van der Waals surface area (Å²) in [5.41, 5.74) is 0.187. The first-order valence-corrected chi connectivity index (χ1v) is 5.95. The minimum Gasteiger partial charge on any atom is -0.462 e. The van der Waals surface area contributed by atoms with Crippen LogP contribution in [0, 0.1) is 0 Å². The second-order valence-electron chi connectivity index (χ2n) is 3.91. The minimum absolute atomic E-state index is 0.0178. The van der Waals surface area contributed by atoms with E-state index in [4.69, 9.17) is 4.74 Å². The minimum atomic E-state index is -0.615. The van der Waals surface area contributed by atoms with Gasteiger partial charge in [-0.2, -0.15) is 0 Å². The van der Waals surface area contributed by atoms with Crippen LogP contribution < -0.4 is 5.43 Å². The summed E-state index contributed by atoms with van der Waals surface area (Å²) in [7, 11) is 0. The van der Waals surface area contributed by atoms with Crippen molar-refractivity contribution in [2.24, 2.45) is 0 Å². The van der Waals surface area contributed by atoms with E-state index in [1.165, 1.54) is 6.20 Å². The van der Waals surface area contributed by atoms with E-state index < -0.39 is 5.97 Å². The van der Waals surface area contributed by atoms with Gasteiger partial charge in [0, 0.05) is 18.9 Å². The molecule has 0 saturated heterocycles. The van der Waals surface area contributed by atoms with Crippen LogP contribution in [0.15, 0.2) is 42.0 Å². The van der Waals surface area contributed by atoms with Crippen LogP contribution in [0.25, 0.3) is 11.0 Å². The van der Waals surface area contributed by atoms with Crippen molar-refractivity contribution >= 4 is 17.0 Å². The molecule has 0 N–H and O–H groups in total. The Morgan fingerprint density at radius 3 is 3.05 bits per heavy atom. The summed E-state index contributed by atoms with van der Waals surface area (Å²) in [6, 6.07) is 3.31. The summed E-state index contributed by atoms with van der Waals surface area (Å²) in [5, 5.41) is 0.398. The molecule has 2 aromatic rings.